The molecule has 0 radical (unpaired) electrons. The second-order valence-corrected chi connectivity index (χ2v) is 5.33. The van der Waals surface area contributed by atoms with Crippen molar-refractivity contribution in [3.8, 4) is 0 Å². The molecule has 1 rings (SSSR count). The van der Waals surface area contributed by atoms with Gasteiger partial charge in [-0.15, -0.1) is 0 Å². The Morgan fingerprint density at radius 1 is 1.05 bits per heavy atom. The van der Waals surface area contributed by atoms with Gasteiger partial charge >= 0.3 is 5.97 Å². The first kappa shape index (κ1) is 18.2. The van der Waals surface area contributed by atoms with Gasteiger partial charge in [0.05, 0.1) is 13.0 Å². The van der Waals surface area contributed by atoms with Gasteiger partial charge in [-0.1, -0.05) is 15.9 Å². The predicted octanol–water partition coefficient (Wildman–Crippen LogP) is 1.64. The Balaban J connectivity index is 2.16. The fraction of sp³-hybridized carbons (Fsp3) is 0.400. The van der Waals surface area contributed by atoms with Crippen LogP contribution in [-0.4, -0.2) is 37.5 Å². The van der Waals surface area contributed by atoms with E-state index < -0.39 is 0 Å². The summed E-state index contributed by atoms with van der Waals surface area (Å²) in [6.45, 7) is 2.65. The van der Waals surface area contributed by atoms with Gasteiger partial charge in [-0.05, 0) is 31.2 Å². The maximum absolute atomic E-state index is 11.8. The van der Waals surface area contributed by atoms with E-state index >= 15 is 0 Å². The summed E-state index contributed by atoms with van der Waals surface area (Å²) in [5.74, 6) is -0.833. The van der Waals surface area contributed by atoms with Gasteiger partial charge in [0.25, 0.3) is 5.91 Å². The van der Waals surface area contributed by atoms with Gasteiger partial charge in [-0.3, -0.25) is 14.4 Å². The highest BCUT2D eigenvalue weighted by molar-refractivity contribution is 9.10. The van der Waals surface area contributed by atoms with Crippen molar-refractivity contribution in [2.75, 3.05) is 19.7 Å². The lowest BCUT2D eigenvalue weighted by Crippen LogP contribution is -2.34. The molecule has 2 amide bonds. The lowest BCUT2D eigenvalue weighted by Gasteiger charge is -2.07. The predicted molar refractivity (Wildman–Crippen MR) is 85.4 cm³/mol. The zero-order valence-corrected chi connectivity index (χ0v) is 13.9. The molecular weight excluding hydrogens is 352 g/mol. The van der Waals surface area contributed by atoms with Crippen molar-refractivity contribution in [3.63, 3.8) is 0 Å². The first-order valence-electron chi connectivity index (χ1n) is 6.99. The van der Waals surface area contributed by atoms with E-state index in [9.17, 15) is 14.4 Å². The van der Waals surface area contributed by atoms with Crippen molar-refractivity contribution in [2.45, 2.75) is 19.8 Å². The highest BCUT2D eigenvalue weighted by Crippen LogP contribution is 2.10. The van der Waals surface area contributed by atoms with Crippen molar-refractivity contribution in [3.05, 3.63) is 34.3 Å². The van der Waals surface area contributed by atoms with Crippen molar-refractivity contribution in [1.29, 1.82) is 0 Å². The molecule has 0 aromatic heterocycles. The molecular formula is C15H19BrN2O4. The van der Waals surface area contributed by atoms with E-state index in [2.05, 4.69) is 26.6 Å². The van der Waals surface area contributed by atoms with E-state index in [1.54, 1.807) is 31.2 Å². The molecule has 0 bridgehead atoms. The smallest absolute Gasteiger partial charge is 0.306 e. The molecule has 0 saturated carbocycles. The maximum atomic E-state index is 11.8. The van der Waals surface area contributed by atoms with Crippen LogP contribution >= 0.6 is 15.9 Å². The number of ether oxygens (including phenoxy) is 1. The topological polar surface area (TPSA) is 84.5 Å². The van der Waals surface area contributed by atoms with Crippen molar-refractivity contribution < 1.29 is 19.1 Å². The van der Waals surface area contributed by atoms with E-state index in [-0.39, 0.29) is 30.6 Å². The molecule has 22 heavy (non-hydrogen) atoms. The first-order chi connectivity index (χ1) is 10.5. The number of hydrogen-bond acceptors (Lipinski definition) is 4. The van der Waals surface area contributed by atoms with Crippen LogP contribution in [0.15, 0.2) is 28.7 Å². The van der Waals surface area contributed by atoms with E-state index in [0.717, 1.165) is 4.47 Å². The lowest BCUT2D eigenvalue weighted by molar-refractivity contribution is -0.144. The third kappa shape index (κ3) is 7.21. The van der Waals surface area contributed by atoms with Gasteiger partial charge in [0.2, 0.25) is 5.91 Å². The fourth-order valence-electron chi connectivity index (χ4n) is 1.62. The molecule has 120 valence electrons. The molecule has 0 saturated heterocycles. The Bertz CT molecular complexity index is 517. The molecule has 0 atom stereocenters. The van der Waals surface area contributed by atoms with Crippen LogP contribution in [0.2, 0.25) is 0 Å². The van der Waals surface area contributed by atoms with Gasteiger partial charge in [-0.25, -0.2) is 0 Å². The monoisotopic (exact) mass is 370 g/mol. The van der Waals surface area contributed by atoms with Crippen molar-refractivity contribution >= 4 is 33.7 Å². The Morgan fingerprint density at radius 2 is 1.68 bits per heavy atom. The molecule has 1 aromatic carbocycles. The van der Waals surface area contributed by atoms with Crippen molar-refractivity contribution in [1.82, 2.24) is 10.6 Å². The molecule has 0 aliphatic heterocycles. The summed E-state index contributed by atoms with van der Waals surface area (Å²) in [6.07, 6.45) is 0.143. The number of halogens is 1. The van der Waals surface area contributed by atoms with Crippen LogP contribution in [0.3, 0.4) is 0 Å². The highest BCUT2D eigenvalue weighted by atomic mass is 79.9. The van der Waals surface area contributed by atoms with E-state index in [0.29, 0.717) is 25.3 Å². The fourth-order valence-corrected chi connectivity index (χ4v) is 1.88. The molecule has 1 aromatic rings. The normalized spacial score (nSPS) is 9.91. The Labute approximate surface area is 137 Å². The van der Waals surface area contributed by atoms with Gasteiger partial charge in [0, 0.05) is 29.5 Å². The summed E-state index contributed by atoms with van der Waals surface area (Å²) >= 11 is 3.30. The number of amides is 2. The number of carbonyl (C=O) groups excluding carboxylic acids is 3. The second-order valence-electron chi connectivity index (χ2n) is 4.42. The van der Waals surface area contributed by atoms with Crippen LogP contribution in [0.5, 0.6) is 0 Å². The molecule has 0 aliphatic rings. The molecule has 0 fully saturated rings. The van der Waals surface area contributed by atoms with Crippen molar-refractivity contribution in [2.24, 2.45) is 0 Å². The van der Waals surface area contributed by atoms with Gasteiger partial charge in [0.1, 0.15) is 0 Å². The summed E-state index contributed by atoms with van der Waals surface area (Å²) in [4.78, 5) is 34.3. The van der Waals surface area contributed by atoms with Crippen LogP contribution < -0.4 is 10.6 Å². The quantitative estimate of drug-likeness (QED) is 0.538. The number of hydrogen-bond donors (Lipinski definition) is 2. The average molecular weight is 371 g/mol. The Morgan fingerprint density at radius 3 is 2.32 bits per heavy atom. The average Bonchev–Trinajstić information content (AvgIpc) is 2.50. The lowest BCUT2D eigenvalue weighted by atomic mass is 10.2. The van der Waals surface area contributed by atoms with E-state index in [4.69, 9.17) is 4.74 Å². The first-order valence-corrected chi connectivity index (χ1v) is 7.78. The summed E-state index contributed by atoms with van der Waals surface area (Å²) in [6, 6.07) is 6.98. The number of nitrogens with one attached hydrogen (secondary N) is 2. The number of carbonyl (C=O) groups is 3. The number of rotatable bonds is 8. The zero-order chi connectivity index (χ0) is 16.4. The number of esters is 1. The van der Waals surface area contributed by atoms with Gasteiger partial charge in [0.15, 0.2) is 0 Å². The Hall–Kier alpha value is -1.89. The van der Waals surface area contributed by atoms with Crippen LogP contribution in [0.25, 0.3) is 0 Å². The molecule has 6 nitrogen and oxygen atoms in total. The number of benzene rings is 1. The zero-order valence-electron chi connectivity index (χ0n) is 12.4. The molecule has 7 heteroatoms. The molecule has 0 heterocycles. The maximum Gasteiger partial charge on any atom is 0.306 e. The summed E-state index contributed by atoms with van der Waals surface area (Å²) < 4.78 is 5.63. The summed E-state index contributed by atoms with van der Waals surface area (Å²) in [7, 11) is 0. The van der Waals surface area contributed by atoms with E-state index in [1.807, 2.05) is 0 Å². The minimum Gasteiger partial charge on any atom is -0.466 e. The van der Waals surface area contributed by atoms with Crippen LogP contribution in [-0.2, 0) is 14.3 Å². The minimum absolute atomic E-state index is 0.0604. The van der Waals surface area contributed by atoms with Crippen LogP contribution in [0.1, 0.15) is 30.1 Å². The summed E-state index contributed by atoms with van der Waals surface area (Å²) in [5, 5.41) is 5.33. The Kier molecular flexibility index (Phi) is 8.21. The third-order valence-electron chi connectivity index (χ3n) is 2.70. The van der Waals surface area contributed by atoms with Gasteiger partial charge in [-0.2, -0.15) is 0 Å². The minimum atomic E-state index is -0.388. The van der Waals surface area contributed by atoms with Gasteiger partial charge < -0.3 is 15.4 Å². The second kappa shape index (κ2) is 9.94. The molecule has 2 N–H and O–H groups in total. The summed E-state index contributed by atoms with van der Waals surface area (Å²) in [5.41, 5.74) is 0.553. The van der Waals surface area contributed by atoms with E-state index in [1.165, 1.54) is 0 Å². The molecule has 0 unspecified atom stereocenters. The largest absolute Gasteiger partial charge is 0.466 e. The third-order valence-corrected chi connectivity index (χ3v) is 3.23. The van der Waals surface area contributed by atoms with Crippen LogP contribution in [0, 0.1) is 0 Å². The van der Waals surface area contributed by atoms with Crippen LogP contribution in [0.4, 0.5) is 0 Å². The standard InChI is InChI=1S/C15H19BrN2O4/c1-2-22-14(20)8-7-13(19)17-9-10-18-15(21)11-3-5-12(16)6-4-11/h3-6H,2,7-10H2,1H3,(H,17,19)(H,18,21). The SMILES string of the molecule is CCOC(=O)CCC(=O)NCCNC(=O)c1ccc(Br)cc1. The molecule has 0 aliphatic carbocycles. The highest BCUT2D eigenvalue weighted by Gasteiger charge is 2.07. The molecule has 0 spiro atoms.